The van der Waals surface area contributed by atoms with Crippen LogP contribution in [0.3, 0.4) is 0 Å². The largest absolute Gasteiger partial charge is 0.369 e. The monoisotopic (exact) mass is 258 g/mol. The second-order valence-electron chi connectivity index (χ2n) is 5.79. The SMILES string of the molecule is CCC1CCCC(n2c(N)nc3cc(C)cnc32)C1. The van der Waals surface area contributed by atoms with Crippen molar-refractivity contribution in [3.63, 3.8) is 0 Å². The van der Waals surface area contributed by atoms with E-state index in [9.17, 15) is 0 Å². The predicted octanol–water partition coefficient (Wildman–Crippen LogP) is 3.46. The maximum atomic E-state index is 6.13. The standard InChI is InChI=1S/C15H22N4/c1-3-11-5-4-6-12(8-11)19-14-13(18-15(19)16)7-10(2)9-17-14/h7,9,11-12H,3-6,8H2,1-2H3,(H2,16,18). The fraction of sp³-hybridized carbons (Fsp3) is 0.600. The van der Waals surface area contributed by atoms with Gasteiger partial charge in [-0.3, -0.25) is 4.57 Å². The third-order valence-corrected chi connectivity index (χ3v) is 4.39. The number of anilines is 1. The molecule has 1 aliphatic rings. The first-order valence-electron chi connectivity index (χ1n) is 7.29. The third-order valence-electron chi connectivity index (χ3n) is 4.39. The Labute approximate surface area is 114 Å². The van der Waals surface area contributed by atoms with Crippen LogP contribution < -0.4 is 5.73 Å². The van der Waals surface area contributed by atoms with Crippen LogP contribution >= 0.6 is 0 Å². The fourth-order valence-corrected chi connectivity index (χ4v) is 3.33. The number of hydrogen-bond donors (Lipinski definition) is 1. The van der Waals surface area contributed by atoms with Crippen LogP contribution in [0, 0.1) is 12.8 Å². The van der Waals surface area contributed by atoms with Gasteiger partial charge in [0.15, 0.2) is 5.65 Å². The van der Waals surface area contributed by atoms with E-state index >= 15 is 0 Å². The minimum Gasteiger partial charge on any atom is -0.369 e. The molecular formula is C15H22N4. The number of aryl methyl sites for hydroxylation is 1. The van der Waals surface area contributed by atoms with Gasteiger partial charge in [-0.05, 0) is 37.3 Å². The lowest BCUT2D eigenvalue weighted by Gasteiger charge is -2.30. The smallest absolute Gasteiger partial charge is 0.202 e. The minimum absolute atomic E-state index is 0.471. The van der Waals surface area contributed by atoms with Crippen LogP contribution in [0.2, 0.25) is 0 Å². The third kappa shape index (κ3) is 2.20. The lowest BCUT2D eigenvalue weighted by Crippen LogP contribution is -2.20. The van der Waals surface area contributed by atoms with Gasteiger partial charge in [0.1, 0.15) is 5.52 Å². The van der Waals surface area contributed by atoms with Crippen LogP contribution in [0.1, 0.15) is 50.6 Å². The zero-order valence-electron chi connectivity index (χ0n) is 11.8. The Morgan fingerprint density at radius 1 is 1.42 bits per heavy atom. The van der Waals surface area contributed by atoms with Crippen molar-refractivity contribution in [1.29, 1.82) is 0 Å². The van der Waals surface area contributed by atoms with Gasteiger partial charge >= 0.3 is 0 Å². The number of pyridine rings is 1. The van der Waals surface area contributed by atoms with E-state index in [1.54, 1.807) is 0 Å². The zero-order chi connectivity index (χ0) is 13.4. The highest BCUT2D eigenvalue weighted by Gasteiger charge is 2.25. The molecule has 0 bridgehead atoms. The van der Waals surface area contributed by atoms with Crippen LogP contribution in [-0.2, 0) is 0 Å². The summed E-state index contributed by atoms with van der Waals surface area (Å²) in [6.07, 6.45) is 8.21. The highest BCUT2D eigenvalue weighted by molar-refractivity contribution is 5.74. The first kappa shape index (κ1) is 12.5. The topological polar surface area (TPSA) is 56.7 Å². The Balaban J connectivity index is 2.02. The molecule has 2 aromatic rings. The molecular weight excluding hydrogens is 236 g/mol. The maximum absolute atomic E-state index is 6.13. The second-order valence-corrected chi connectivity index (χ2v) is 5.79. The number of nitrogen functional groups attached to an aromatic ring is 1. The summed E-state index contributed by atoms with van der Waals surface area (Å²) in [7, 11) is 0. The van der Waals surface area contributed by atoms with Gasteiger partial charge in [-0.1, -0.05) is 26.2 Å². The van der Waals surface area contributed by atoms with Crippen LogP contribution in [0.4, 0.5) is 5.95 Å². The van der Waals surface area contributed by atoms with Crippen molar-refractivity contribution < 1.29 is 0 Å². The number of fused-ring (bicyclic) bond motifs is 1. The summed E-state index contributed by atoms with van der Waals surface area (Å²) in [6.45, 7) is 4.32. The van der Waals surface area contributed by atoms with E-state index in [0.717, 1.165) is 22.6 Å². The maximum Gasteiger partial charge on any atom is 0.202 e. The van der Waals surface area contributed by atoms with E-state index in [2.05, 4.69) is 27.5 Å². The van der Waals surface area contributed by atoms with Gasteiger partial charge in [-0.15, -0.1) is 0 Å². The normalized spacial score (nSPS) is 23.9. The molecule has 4 heteroatoms. The quantitative estimate of drug-likeness (QED) is 0.897. The molecule has 0 aliphatic heterocycles. The molecule has 102 valence electrons. The van der Waals surface area contributed by atoms with Crippen LogP contribution in [0.5, 0.6) is 0 Å². The van der Waals surface area contributed by atoms with Crippen molar-refractivity contribution in [2.45, 2.75) is 52.0 Å². The predicted molar refractivity (Wildman–Crippen MR) is 78.0 cm³/mol. The fourth-order valence-electron chi connectivity index (χ4n) is 3.33. The molecule has 0 radical (unpaired) electrons. The summed E-state index contributed by atoms with van der Waals surface area (Å²) in [5.41, 5.74) is 9.14. The Kier molecular flexibility index (Phi) is 3.17. The number of imidazole rings is 1. The van der Waals surface area contributed by atoms with E-state index in [1.807, 2.05) is 13.1 Å². The zero-order valence-corrected chi connectivity index (χ0v) is 11.8. The van der Waals surface area contributed by atoms with E-state index in [0.29, 0.717) is 12.0 Å². The summed E-state index contributed by atoms with van der Waals surface area (Å²) in [4.78, 5) is 9.03. The van der Waals surface area contributed by atoms with Gasteiger partial charge in [-0.2, -0.15) is 0 Å². The number of nitrogens with two attached hydrogens (primary N) is 1. The molecule has 4 nitrogen and oxygen atoms in total. The molecule has 2 atom stereocenters. The number of hydrogen-bond acceptors (Lipinski definition) is 3. The molecule has 0 spiro atoms. The van der Waals surface area contributed by atoms with Gasteiger partial charge in [-0.25, -0.2) is 9.97 Å². The van der Waals surface area contributed by atoms with Crippen molar-refractivity contribution in [2.24, 2.45) is 5.92 Å². The molecule has 2 N–H and O–H groups in total. The molecule has 2 aromatic heterocycles. The Hall–Kier alpha value is -1.58. The summed E-state index contributed by atoms with van der Waals surface area (Å²) in [5.74, 6) is 1.44. The lowest BCUT2D eigenvalue weighted by molar-refractivity contribution is 0.266. The van der Waals surface area contributed by atoms with Crippen LogP contribution in [0.15, 0.2) is 12.3 Å². The van der Waals surface area contributed by atoms with Gasteiger partial charge < -0.3 is 5.73 Å². The van der Waals surface area contributed by atoms with Crippen molar-refractivity contribution in [1.82, 2.24) is 14.5 Å². The highest BCUT2D eigenvalue weighted by Crippen LogP contribution is 2.37. The lowest BCUT2D eigenvalue weighted by atomic mass is 9.84. The van der Waals surface area contributed by atoms with Crippen molar-refractivity contribution >= 4 is 17.1 Å². The number of rotatable bonds is 2. The minimum atomic E-state index is 0.471. The molecule has 2 heterocycles. The average molecular weight is 258 g/mol. The van der Waals surface area contributed by atoms with E-state index in [4.69, 9.17) is 5.73 Å². The van der Waals surface area contributed by atoms with E-state index in [-0.39, 0.29) is 0 Å². The number of aromatic nitrogens is 3. The molecule has 0 aromatic carbocycles. The molecule has 19 heavy (non-hydrogen) atoms. The highest BCUT2D eigenvalue weighted by atomic mass is 15.2. The molecule has 1 saturated carbocycles. The molecule has 3 rings (SSSR count). The Morgan fingerprint density at radius 2 is 2.26 bits per heavy atom. The Bertz CT molecular complexity index is 587. The first-order chi connectivity index (χ1) is 9.19. The van der Waals surface area contributed by atoms with Crippen molar-refractivity contribution in [3.8, 4) is 0 Å². The summed E-state index contributed by atoms with van der Waals surface area (Å²) in [5, 5.41) is 0. The van der Waals surface area contributed by atoms with Gasteiger partial charge in [0.2, 0.25) is 5.95 Å². The second kappa shape index (κ2) is 4.83. The summed E-state index contributed by atoms with van der Waals surface area (Å²) in [6, 6.07) is 2.54. The molecule has 1 aliphatic carbocycles. The van der Waals surface area contributed by atoms with Gasteiger partial charge in [0.25, 0.3) is 0 Å². The van der Waals surface area contributed by atoms with Gasteiger partial charge in [0.05, 0.1) is 0 Å². The van der Waals surface area contributed by atoms with E-state index in [1.165, 1.54) is 32.1 Å². The molecule has 0 amide bonds. The molecule has 0 saturated heterocycles. The summed E-state index contributed by atoms with van der Waals surface area (Å²) >= 11 is 0. The van der Waals surface area contributed by atoms with Gasteiger partial charge in [0, 0.05) is 12.2 Å². The van der Waals surface area contributed by atoms with Crippen LogP contribution in [0.25, 0.3) is 11.2 Å². The van der Waals surface area contributed by atoms with Crippen LogP contribution in [-0.4, -0.2) is 14.5 Å². The van der Waals surface area contributed by atoms with Crippen molar-refractivity contribution in [3.05, 3.63) is 17.8 Å². The number of nitrogens with zero attached hydrogens (tertiary/aromatic N) is 3. The first-order valence-corrected chi connectivity index (χ1v) is 7.29. The Morgan fingerprint density at radius 3 is 3.05 bits per heavy atom. The van der Waals surface area contributed by atoms with Crippen molar-refractivity contribution in [2.75, 3.05) is 5.73 Å². The molecule has 1 fully saturated rings. The van der Waals surface area contributed by atoms with E-state index < -0.39 is 0 Å². The molecule has 2 unspecified atom stereocenters. The average Bonchev–Trinajstić information content (AvgIpc) is 2.73. The summed E-state index contributed by atoms with van der Waals surface area (Å²) < 4.78 is 2.16.